The van der Waals surface area contributed by atoms with Crippen molar-refractivity contribution in [3.8, 4) is 28.3 Å². The van der Waals surface area contributed by atoms with Gasteiger partial charge in [0, 0.05) is 41.2 Å². The second kappa shape index (κ2) is 10.3. The Labute approximate surface area is 226 Å². The SMILES string of the molecule is O[C@@](COc1cccc2c(-c3ccncc3)c(-c3ccc(F)cc3)nn12)(Cn1cncn1)c1ccc(F)cc1F. The fourth-order valence-corrected chi connectivity index (χ4v) is 4.62. The van der Waals surface area contributed by atoms with E-state index in [0.717, 1.165) is 17.2 Å². The highest BCUT2D eigenvalue weighted by Gasteiger charge is 2.35. The first-order valence-electron chi connectivity index (χ1n) is 12.2. The molecule has 0 saturated carbocycles. The van der Waals surface area contributed by atoms with Crippen molar-refractivity contribution in [2.75, 3.05) is 6.61 Å². The van der Waals surface area contributed by atoms with E-state index in [-0.39, 0.29) is 23.8 Å². The first-order chi connectivity index (χ1) is 19.4. The predicted molar refractivity (Wildman–Crippen MR) is 140 cm³/mol. The van der Waals surface area contributed by atoms with Crippen LogP contribution < -0.4 is 4.74 Å². The maximum absolute atomic E-state index is 14.9. The summed E-state index contributed by atoms with van der Waals surface area (Å²) >= 11 is 0. The van der Waals surface area contributed by atoms with Gasteiger partial charge in [-0.15, -0.1) is 0 Å². The van der Waals surface area contributed by atoms with E-state index in [1.54, 1.807) is 41.2 Å². The summed E-state index contributed by atoms with van der Waals surface area (Å²) in [6, 6.07) is 17.9. The molecule has 6 aromatic rings. The normalized spacial score (nSPS) is 12.9. The first kappa shape index (κ1) is 25.3. The van der Waals surface area contributed by atoms with Crippen LogP contribution in [0, 0.1) is 17.5 Å². The molecule has 0 radical (unpaired) electrons. The lowest BCUT2D eigenvalue weighted by Crippen LogP contribution is -2.39. The third-order valence-electron chi connectivity index (χ3n) is 6.49. The minimum absolute atomic E-state index is 0.165. The molecule has 0 aliphatic carbocycles. The highest BCUT2D eigenvalue weighted by Crippen LogP contribution is 2.37. The molecule has 4 heterocycles. The average molecular weight is 543 g/mol. The lowest BCUT2D eigenvalue weighted by atomic mass is 9.94. The molecular formula is C29H21F3N6O2. The summed E-state index contributed by atoms with van der Waals surface area (Å²) in [7, 11) is 0. The molecule has 0 aliphatic heterocycles. The van der Waals surface area contributed by atoms with Gasteiger partial charge in [0.2, 0.25) is 5.88 Å². The maximum Gasteiger partial charge on any atom is 0.215 e. The Balaban J connectivity index is 1.44. The van der Waals surface area contributed by atoms with Gasteiger partial charge in [-0.1, -0.05) is 12.1 Å². The zero-order valence-corrected chi connectivity index (χ0v) is 20.8. The Hall–Kier alpha value is -5.03. The van der Waals surface area contributed by atoms with Crippen LogP contribution >= 0.6 is 0 Å². The van der Waals surface area contributed by atoms with Crippen molar-refractivity contribution in [1.82, 2.24) is 29.4 Å². The van der Waals surface area contributed by atoms with Gasteiger partial charge < -0.3 is 9.84 Å². The molecule has 11 heteroatoms. The zero-order valence-electron chi connectivity index (χ0n) is 20.8. The predicted octanol–water partition coefficient (Wildman–Crippen LogP) is 5.04. The largest absolute Gasteiger partial charge is 0.474 e. The van der Waals surface area contributed by atoms with E-state index < -0.39 is 23.8 Å². The second-order valence-corrected chi connectivity index (χ2v) is 9.16. The quantitative estimate of drug-likeness (QED) is 0.290. The smallest absolute Gasteiger partial charge is 0.215 e. The molecule has 2 aromatic carbocycles. The molecule has 1 atom stereocenters. The van der Waals surface area contributed by atoms with Crippen LogP contribution in [-0.4, -0.2) is 41.1 Å². The standard InChI is InChI=1S/C29H21F3N6O2/c30-21-6-4-20(5-7-21)28-27(19-10-12-33-13-11-19)25-2-1-3-26(38(25)36-28)40-16-29(39,15-37-18-34-17-35-37)23-9-8-22(31)14-24(23)32/h1-14,17-18,39H,15-16H2/t29-/m1/s1. The van der Waals surface area contributed by atoms with Gasteiger partial charge in [0.1, 0.15) is 48.0 Å². The van der Waals surface area contributed by atoms with Crippen molar-refractivity contribution in [3.05, 3.63) is 121 Å². The number of fused-ring (bicyclic) bond motifs is 1. The molecule has 0 aliphatic rings. The Bertz CT molecular complexity index is 1780. The molecule has 0 amide bonds. The Morgan fingerprint density at radius 1 is 0.850 bits per heavy atom. The minimum atomic E-state index is -1.95. The fourth-order valence-electron chi connectivity index (χ4n) is 4.62. The van der Waals surface area contributed by atoms with Crippen LogP contribution in [0.15, 0.2) is 97.8 Å². The molecule has 1 N–H and O–H groups in total. The molecule has 0 fully saturated rings. The third-order valence-corrected chi connectivity index (χ3v) is 6.49. The Morgan fingerprint density at radius 3 is 2.35 bits per heavy atom. The summed E-state index contributed by atoms with van der Waals surface area (Å²) in [6.07, 6.45) is 5.98. The molecule has 40 heavy (non-hydrogen) atoms. The number of hydrogen-bond donors (Lipinski definition) is 1. The van der Waals surface area contributed by atoms with Gasteiger partial charge in [0.05, 0.1) is 12.1 Å². The van der Waals surface area contributed by atoms with Gasteiger partial charge in [0.15, 0.2) is 0 Å². The molecule has 0 unspecified atom stereocenters. The Kier molecular flexibility index (Phi) is 6.48. The van der Waals surface area contributed by atoms with Crippen LogP contribution in [0.5, 0.6) is 5.88 Å². The summed E-state index contributed by atoms with van der Waals surface area (Å²) < 4.78 is 51.2. The zero-order chi connectivity index (χ0) is 27.7. The van der Waals surface area contributed by atoms with Crippen LogP contribution in [-0.2, 0) is 12.1 Å². The molecule has 0 spiro atoms. The summed E-state index contributed by atoms with van der Waals surface area (Å²) in [5, 5.41) is 20.4. The molecule has 6 rings (SSSR count). The fraction of sp³-hybridized carbons (Fsp3) is 0.103. The van der Waals surface area contributed by atoms with Gasteiger partial charge in [-0.3, -0.25) is 4.98 Å². The van der Waals surface area contributed by atoms with Crippen LogP contribution in [0.2, 0.25) is 0 Å². The lowest BCUT2D eigenvalue weighted by molar-refractivity contribution is -0.0314. The highest BCUT2D eigenvalue weighted by molar-refractivity contribution is 5.92. The van der Waals surface area contributed by atoms with E-state index in [0.29, 0.717) is 22.8 Å². The molecule has 4 aromatic heterocycles. The van der Waals surface area contributed by atoms with Crippen LogP contribution in [0.25, 0.3) is 27.9 Å². The molecule has 0 saturated heterocycles. The van der Waals surface area contributed by atoms with Crippen molar-refractivity contribution in [2.45, 2.75) is 12.1 Å². The third kappa shape index (κ3) is 4.78. The van der Waals surface area contributed by atoms with E-state index in [1.807, 2.05) is 18.2 Å². The van der Waals surface area contributed by atoms with Gasteiger partial charge in [-0.05, 0) is 54.1 Å². The monoisotopic (exact) mass is 542 g/mol. The van der Waals surface area contributed by atoms with Crippen LogP contribution in [0.4, 0.5) is 13.2 Å². The van der Waals surface area contributed by atoms with E-state index >= 15 is 0 Å². The topological polar surface area (TPSA) is 90.4 Å². The minimum Gasteiger partial charge on any atom is -0.474 e. The summed E-state index contributed by atoms with van der Waals surface area (Å²) in [5.41, 5.74) is 1.41. The molecule has 0 bridgehead atoms. The molecule has 200 valence electrons. The number of aromatic nitrogens is 6. The van der Waals surface area contributed by atoms with E-state index in [1.165, 1.54) is 35.5 Å². The van der Waals surface area contributed by atoms with Gasteiger partial charge in [-0.25, -0.2) is 22.8 Å². The number of hydrogen-bond acceptors (Lipinski definition) is 6. The van der Waals surface area contributed by atoms with Gasteiger partial charge in [-0.2, -0.15) is 14.7 Å². The Morgan fingerprint density at radius 2 is 1.62 bits per heavy atom. The summed E-state index contributed by atoms with van der Waals surface area (Å²) in [6.45, 7) is -0.640. The number of pyridine rings is 2. The van der Waals surface area contributed by atoms with Gasteiger partial charge in [0.25, 0.3) is 0 Å². The van der Waals surface area contributed by atoms with Crippen molar-refractivity contribution in [1.29, 1.82) is 0 Å². The van der Waals surface area contributed by atoms with Crippen molar-refractivity contribution < 1.29 is 23.0 Å². The van der Waals surface area contributed by atoms with E-state index in [2.05, 4.69) is 15.1 Å². The second-order valence-electron chi connectivity index (χ2n) is 9.16. The first-order valence-corrected chi connectivity index (χ1v) is 12.2. The van der Waals surface area contributed by atoms with Gasteiger partial charge >= 0.3 is 0 Å². The van der Waals surface area contributed by atoms with Crippen molar-refractivity contribution in [2.24, 2.45) is 0 Å². The number of halogens is 3. The molecule has 8 nitrogen and oxygen atoms in total. The molecular weight excluding hydrogens is 521 g/mol. The van der Waals surface area contributed by atoms with Crippen LogP contribution in [0.1, 0.15) is 5.56 Å². The van der Waals surface area contributed by atoms with Crippen LogP contribution in [0.3, 0.4) is 0 Å². The van der Waals surface area contributed by atoms with E-state index in [9.17, 15) is 18.3 Å². The number of nitrogens with zero attached hydrogens (tertiary/aromatic N) is 6. The number of aliphatic hydroxyl groups is 1. The average Bonchev–Trinajstić information content (AvgIpc) is 3.61. The lowest BCUT2D eigenvalue weighted by Gasteiger charge is -2.28. The van der Waals surface area contributed by atoms with E-state index in [4.69, 9.17) is 9.84 Å². The van der Waals surface area contributed by atoms with Crippen molar-refractivity contribution in [3.63, 3.8) is 0 Å². The highest BCUT2D eigenvalue weighted by atomic mass is 19.1. The number of benzene rings is 2. The number of rotatable bonds is 8. The maximum atomic E-state index is 14.9. The van der Waals surface area contributed by atoms with Crippen molar-refractivity contribution >= 4 is 5.52 Å². The number of ether oxygens (including phenoxy) is 1. The summed E-state index contributed by atoms with van der Waals surface area (Å²) in [4.78, 5) is 7.98. The summed E-state index contributed by atoms with van der Waals surface area (Å²) in [5.74, 6) is -1.83.